The fourth-order valence-corrected chi connectivity index (χ4v) is 2.65. The number of piperidine rings is 1. The average molecular weight is 248 g/mol. The number of rotatable bonds is 4. The largest absolute Gasteiger partial charge is 0.496 e. The van der Waals surface area contributed by atoms with E-state index in [1.807, 2.05) is 24.3 Å². The number of nitrogens with one attached hydrogen (secondary N) is 1. The van der Waals surface area contributed by atoms with Crippen LogP contribution in [0.25, 0.3) is 0 Å². The van der Waals surface area contributed by atoms with E-state index in [2.05, 4.69) is 5.32 Å². The van der Waals surface area contributed by atoms with E-state index < -0.39 is 0 Å². The van der Waals surface area contributed by atoms with Gasteiger partial charge in [-0.05, 0) is 25.5 Å². The highest BCUT2D eigenvalue weighted by Crippen LogP contribution is 2.31. The minimum Gasteiger partial charge on any atom is -0.496 e. The van der Waals surface area contributed by atoms with E-state index >= 15 is 0 Å². The lowest BCUT2D eigenvalue weighted by Crippen LogP contribution is -2.44. The molecule has 0 saturated carbocycles. The fraction of sp³-hybridized carbons (Fsp3) is 0.500. The molecule has 1 fully saturated rings. The van der Waals surface area contributed by atoms with E-state index in [0.717, 1.165) is 37.1 Å². The molecule has 1 saturated heterocycles. The molecule has 0 unspecified atom stereocenters. The van der Waals surface area contributed by atoms with Gasteiger partial charge in [-0.1, -0.05) is 24.6 Å². The molecule has 1 aliphatic heterocycles. The number of para-hydroxylation sites is 1. The molecular formula is C14H20N2O2. The van der Waals surface area contributed by atoms with Gasteiger partial charge in [0.15, 0.2) is 0 Å². The number of methoxy groups -OCH3 is 1. The minimum atomic E-state index is -0.318. The van der Waals surface area contributed by atoms with Crippen molar-refractivity contribution in [2.24, 2.45) is 5.73 Å². The van der Waals surface area contributed by atoms with Gasteiger partial charge in [0.2, 0.25) is 5.91 Å². The Morgan fingerprint density at radius 3 is 2.83 bits per heavy atom. The minimum absolute atomic E-state index is 0.118. The van der Waals surface area contributed by atoms with Crippen molar-refractivity contribution in [2.45, 2.75) is 31.2 Å². The molecule has 1 heterocycles. The monoisotopic (exact) mass is 248 g/mol. The Labute approximate surface area is 108 Å². The van der Waals surface area contributed by atoms with Crippen molar-refractivity contribution in [3.8, 4) is 5.75 Å². The zero-order chi connectivity index (χ0) is 13.0. The summed E-state index contributed by atoms with van der Waals surface area (Å²) in [4.78, 5) is 11.8. The number of benzene rings is 1. The van der Waals surface area contributed by atoms with Crippen LogP contribution in [0.3, 0.4) is 0 Å². The standard InChI is InChI=1S/C14H20N2O2/c1-18-12-8-3-2-6-10(12)13(14(15)17)11-7-4-5-9-16-11/h2-3,6,8,11,13,16H,4-5,7,9H2,1H3,(H2,15,17)/t11-,13+/m1/s1. The number of hydrogen-bond acceptors (Lipinski definition) is 3. The van der Waals surface area contributed by atoms with Crippen LogP contribution in [0.1, 0.15) is 30.7 Å². The summed E-state index contributed by atoms with van der Waals surface area (Å²) in [6.45, 7) is 0.948. The first-order chi connectivity index (χ1) is 8.74. The van der Waals surface area contributed by atoms with Crippen LogP contribution in [0.15, 0.2) is 24.3 Å². The van der Waals surface area contributed by atoms with Gasteiger partial charge in [-0.15, -0.1) is 0 Å². The second-order valence-electron chi connectivity index (χ2n) is 4.68. The number of hydrogen-bond donors (Lipinski definition) is 2. The van der Waals surface area contributed by atoms with Gasteiger partial charge in [-0.2, -0.15) is 0 Å². The normalized spacial score (nSPS) is 21.3. The van der Waals surface area contributed by atoms with E-state index in [1.165, 1.54) is 0 Å². The first kappa shape index (κ1) is 12.9. The Morgan fingerprint density at radius 1 is 1.44 bits per heavy atom. The van der Waals surface area contributed by atoms with Gasteiger partial charge < -0.3 is 15.8 Å². The topological polar surface area (TPSA) is 64.3 Å². The molecule has 98 valence electrons. The molecule has 18 heavy (non-hydrogen) atoms. The molecule has 0 bridgehead atoms. The zero-order valence-corrected chi connectivity index (χ0v) is 10.7. The highest BCUT2D eigenvalue weighted by atomic mass is 16.5. The van der Waals surface area contributed by atoms with Gasteiger partial charge in [0.1, 0.15) is 5.75 Å². The third-order valence-electron chi connectivity index (χ3n) is 3.53. The van der Waals surface area contributed by atoms with Crippen LogP contribution in [0.4, 0.5) is 0 Å². The summed E-state index contributed by atoms with van der Waals surface area (Å²) < 4.78 is 5.33. The number of amides is 1. The number of carbonyl (C=O) groups excluding carboxylic acids is 1. The van der Waals surface area contributed by atoms with E-state index in [4.69, 9.17) is 10.5 Å². The maximum atomic E-state index is 11.8. The maximum absolute atomic E-state index is 11.8. The number of nitrogens with two attached hydrogens (primary N) is 1. The van der Waals surface area contributed by atoms with Gasteiger partial charge in [0.25, 0.3) is 0 Å². The lowest BCUT2D eigenvalue weighted by atomic mass is 9.85. The smallest absolute Gasteiger partial charge is 0.226 e. The van der Waals surface area contributed by atoms with Crippen LogP contribution in [0.2, 0.25) is 0 Å². The van der Waals surface area contributed by atoms with E-state index in [9.17, 15) is 4.79 Å². The van der Waals surface area contributed by atoms with Crippen LogP contribution in [-0.2, 0) is 4.79 Å². The Kier molecular flexibility index (Phi) is 4.20. The summed E-state index contributed by atoms with van der Waals surface area (Å²) in [6.07, 6.45) is 3.27. The highest BCUT2D eigenvalue weighted by molar-refractivity contribution is 5.83. The number of primary amides is 1. The molecular weight excluding hydrogens is 228 g/mol. The van der Waals surface area contributed by atoms with Gasteiger partial charge in [0.05, 0.1) is 13.0 Å². The van der Waals surface area contributed by atoms with E-state index in [1.54, 1.807) is 7.11 Å². The third-order valence-corrected chi connectivity index (χ3v) is 3.53. The second-order valence-corrected chi connectivity index (χ2v) is 4.68. The van der Waals surface area contributed by atoms with Crippen LogP contribution in [0, 0.1) is 0 Å². The van der Waals surface area contributed by atoms with Crippen molar-refractivity contribution in [1.82, 2.24) is 5.32 Å². The molecule has 0 aromatic heterocycles. The lowest BCUT2D eigenvalue weighted by Gasteiger charge is -2.30. The Morgan fingerprint density at radius 2 is 2.22 bits per heavy atom. The predicted molar refractivity (Wildman–Crippen MR) is 70.6 cm³/mol. The SMILES string of the molecule is COc1ccccc1[C@H](C(N)=O)[C@H]1CCCCN1. The van der Waals surface area contributed by atoms with Crippen molar-refractivity contribution in [3.63, 3.8) is 0 Å². The summed E-state index contributed by atoms with van der Waals surface area (Å²) in [6, 6.07) is 7.72. The molecule has 2 atom stereocenters. The molecule has 1 aromatic rings. The second kappa shape index (κ2) is 5.87. The van der Waals surface area contributed by atoms with Crippen LogP contribution in [-0.4, -0.2) is 25.6 Å². The molecule has 4 heteroatoms. The predicted octanol–water partition coefficient (Wildman–Crippen LogP) is 1.41. The van der Waals surface area contributed by atoms with Crippen LogP contribution >= 0.6 is 0 Å². The summed E-state index contributed by atoms with van der Waals surface area (Å²) >= 11 is 0. The molecule has 2 rings (SSSR count). The van der Waals surface area contributed by atoms with Gasteiger partial charge in [-0.25, -0.2) is 0 Å². The zero-order valence-electron chi connectivity index (χ0n) is 10.7. The Bertz CT molecular complexity index is 414. The number of carbonyl (C=O) groups is 1. The van der Waals surface area contributed by atoms with Crippen molar-refractivity contribution in [1.29, 1.82) is 0 Å². The first-order valence-corrected chi connectivity index (χ1v) is 6.39. The summed E-state index contributed by atoms with van der Waals surface area (Å²) in [5.74, 6) is 0.119. The summed E-state index contributed by atoms with van der Waals surface area (Å²) in [5.41, 5.74) is 6.47. The maximum Gasteiger partial charge on any atom is 0.226 e. The number of ether oxygens (including phenoxy) is 1. The molecule has 0 aliphatic carbocycles. The lowest BCUT2D eigenvalue weighted by molar-refractivity contribution is -0.120. The summed E-state index contributed by atoms with van der Waals surface area (Å²) in [5, 5.41) is 3.39. The quantitative estimate of drug-likeness (QED) is 0.846. The molecule has 1 aromatic carbocycles. The molecule has 3 N–H and O–H groups in total. The van der Waals surface area contributed by atoms with Crippen LogP contribution < -0.4 is 15.8 Å². The Hall–Kier alpha value is -1.55. The average Bonchev–Trinajstić information content (AvgIpc) is 2.40. The highest BCUT2D eigenvalue weighted by Gasteiger charge is 2.31. The molecule has 1 amide bonds. The van der Waals surface area contributed by atoms with Crippen molar-refractivity contribution < 1.29 is 9.53 Å². The first-order valence-electron chi connectivity index (χ1n) is 6.39. The van der Waals surface area contributed by atoms with E-state index in [-0.39, 0.29) is 17.9 Å². The molecule has 0 radical (unpaired) electrons. The van der Waals surface area contributed by atoms with Crippen molar-refractivity contribution in [2.75, 3.05) is 13.7 Å². The molecule has 0 spiro atoms. The van der Waals surface area contributed by atoms with Gasteiger partial charge in [0, 0.05) is 11.6 Å². The fourth-order valence-electron chi connectivity index (χ4n) is 2.65. The van der Waals surface area contributed by atoms with Gasteiger partial charge in [-0.3, -0.25) is 4.79 Å². The van der Waals surface area contributed by atoms with Gasteiger partial charge >= 0.3 is 0 Å². The Balaban J connectivity index is 2.31. The molecule has 1 aliphatic rings. The third kappa shape index (κ3) is 2.64. The molecule has 4 nitrogen and oxygen atoms in total. The van der Waals surface area contributed by atoms with E-state index in [0.29, 0.717) is 0 Å². The summed E-state index contributed by atoms with van der Waals surface area (Å²) in [7, 11) is 1.62. The van der Waals surface area contributed by atoms with Crippen molar-refractivity contribution >= 4 is 5.91 Å². The van der Waals surface area contributed by atoms with Crippen molar-refractivity contribution in [3.05, 3.63) is 29.8 Å². The van der Waals surface area contributed by atoms with Crippen LogP contribution in [0.5, 0.6) is 5.75 Å².